The van der Waals surface area contributed by atoms with Crippen molar-refractivity contribution in [3.05, 3.63) is 66.2 Å². The topological polar surface area (TPSA) is 29.1 Å². The lowest BCUT2D eigenvalue weighted by Gasteiger charge is -2.13. The van der Waals surface area contributed by atoms with Gasteiger partial charge in [0.1, 0.15) is 0 Å². The van der Waals surface area contributed by atoms with E-state index in [0.29, 0.717) is 11.1 Å². The molecule has 1 radical (unpaired) electrons. The predicted molar refractivity (Wildman–Crippen MR) is 76.5 cm³/mol. The molecule has 0 aliphatic carbocycles. The highest BCUT2D eigenvalue weighted by Crippen LogP contribution is 1.99. The Labute approximate surface area is 113 Å². The molecule has 0 fully saturated rings. The molecule has 0 unspecified atom stereocenters. The maximum Gasteiger partial charge on any atom is 0.243 e. The zero-order chi connectivity index (χ0) is 12.8. The van der Waals surface area contributed by atoms with Crippen LogP contribution < -0.4 is 10.2 Å². The fourth-order valence-electron chi connectivity index (χ4n) is 1.62. The van der Waals surface area contributed by atoms with Gasteiger partial charge >= 0.3 is 0 Å². The molecule has 0 saturated heterocycles. The van der Waals surface area contributed by atoms with Crippen molar-refractivity contribution in [1.29, 1.82) is 0 Å². The van der Waals surface area contributed by atoms with Gasteiger partial charge in [0.05, 0.1) is 0 Å². The van der Waals surface area contributed by atoms with E-state index in [1.165, 1.54) is 0 Å². The van der Waals surface area contributed by atoms with Gasteiger partial charge < -0.3 is 4.98 Å². The first-order valence-corrected chi connectivity index (χ1v) is 7.89. The van der Waals surface area contributed by atoms with E-state index in [-0.39, 0.29) is 5.91 Å². The van der Waals surface area contributed by atoms with Crippen LogP contribution >= 0.6 is 11.6 Å². The molecule has 18 heavy (non-hydrogen) atoms. The van der Waals surface area contributed by atoms with Gasteiger partial charge in [-0.2, -0.15) is 0 Å². The summed E-state index contributed by atoms with van der Waals surface area (Å²) in [5.41, 5.74) is 1.12. The van der Waals surface area contributed by atoms with Crippen molar-refractivity contribution >= 4 is 31.7 Å². The van der Waals surface area contributed by atoms with Gasteiger partial charge in [-0.15, -0.1) is 11.6 Å². The second kappa shape index (κ2) is 6.38. The van der Waals surface area contributed by atoms with Crippen LogP contribution in [0.15, 0.2) is 60.7 Å². The molecular formula is C14H13ClNOSi. The molecule has 1 N–H and O–H groups in total. The molecule has 0 saturated carbocycles. The summed E-state index contributed by atoms with van der Waals surface area (Å²) in [7, 11) is -1.24. The van der Waals surface area contributed by atoms with Crippen LogP contribution in [0.3, 0.4) is 0 Å². The molecule has 0 bridgehead atoms. The Morgan fingerprint density at radius 2 is 1.56 bits per heavy atom. The molecule has 2 aromatic rings. The van der Waals surface area contributed by atoms with E-state index >= 15 is 0 Å². The number of halogens is 1. The quantitative estimate of drug-likeness (QED) is 0.671. The van der Waals surface area contributed by atoms with Crippen molar-refractivity contribution in [2.75, 3.05) is 5.50 Å². The van der Waals surface area contributed by atoms with Crippen LogP contribution in [-0.2, 0) is 0 Å². The molecule has 0 atom stereocenters. The van der Waals surface area contributed by atoms with Crippen molar-refractivity contribution in [3.63, 3.8) is 0 Å². The minimum absolute atomic E-state index is 0.0611. The van der Waals surface area contributed by atoms with Crippen LogP contribution in [-0.4, -0.2) is 20.4 Å². The maximum atomic E-state index is 12.0. The first kappa shape index (κ1) is 12.9. The summed E-state index contributed by atoms with van der Waals surface area (Å²) in [6.45, 7) is 0. The number of amides is 1. The van der Waals surface area contributed by atoms with Gasteiger partial charge in [-0.05, 0) is 17.3 Å². The highest BCUT2D eigenvalue weighted by Gasteiger charge is 2.17. The number of rotatable bonds is 4. The number of carbonyl (C=O) groups is 1. The van der Waals surface area contributed by atoms with E-state index in [4.69, 9.17) is 11.6 Å². The summed E-state index contributed by atoms with van der Waals surface area (Å²) in [5, 5.41) is 1.11. The van der Waals surface area contributed by atoms with E-state index in [1.807, 2.05) is 48.5 Å². The standard InChI is InChI=1S/C14H13ClNOSi/c15-11-18(13-9-5-2-6-10-13)16-14(17)12-7-3-1-4-8-12/h1-10H,11H2,(H,16,17). The summed E-state index contributed by atoms with van der Waals surface area (Å²) >= 11 is 5.96. The van der Waals surface area contributed by atoms with E-state index < -0.39 is 8.96 Å². The summed E-state index contributed by atoms with van der Waals surface area (Å²) in [6, 6.07) is 19.1. The molecule has 2 nitrogen and oxygen atoms in total. The molecule has 2 rings (SSSR count). The van der Waals surface area contributed by atoms with Crippen molar-refractivity contribution in [2.24, 2.45) is 0 Å². The molecule has 2 aromatic carbocycles. The fourth-order valence-corrected chi connectivity index (χ4v) is 3.66. The Balaban J connectivity index is 2.10. The molecule has 0 aliphatic heterocycles. The summed E-state index contributed by atoms with van der Waals surface area (Å²) in [5.74, 6) is -0.0611. The number of hydrogen-bond acceptors (Lipinski definition) is 1. The van der Waals surface area contributed by atoms with Gasteiger partial charge in [0.15, 0.2) is 0 Å². The van der Waals surface area contributed by atoms with E-state index in [1.54, 1.807) is 12.1 Å². The molecule has 4 heteroatoms. The normalized spacial score (nSPS) is 10.3. The van der Waals surface area contributed by atoms with E-state index in [9.17, 15) is 4.79 Å². The molecule has 91 valence electrons. The summed E-state index contributed by atoms with van der Waals surface area (Å²) in [6.07, 6.45) is 0. The molecule has 0 heterocycles. The summed E-state index contributed by atoms with van der Waals surface area (Å²) in [4.78, 5) is 15.1. The first-order chi connectivity index (χ1) is 8.81. The second-order valence-electron chi connectivity index (χ2n) is 3.80. The van der Waals surface area contributed by atoms with Gasteiger partial charge in [-0.1, -0.05) is 48.5 Å². The van der Waals surface area contributed by atoms with Gasteiger partial charge in [-0.25, -0.2) is 0 Å². The fraction of sp³-hybridized carbons (Fsp3) is 0.0714. The minimum Gasteiger partial charge on any atom is -0.373 e. The number of benzene rings is 2. The van der Waals surface area contributed by atoms with Crippen molar-refractivity contribution < 1.29 is 4.79 Å². The Hall–Kier alpha value is -1.58. The Morgan fingerprint density at radius 1 is 1.00 bits per heavy atom. The molecule has 1 amide bonds. The van der Waals surface area contributed by atoms with E-state index in [0.717, 1.165) is 5.19 Å². The lowest BCUT2D eigenvalue weighted by molar-refractivity contribution is 0.0979. The lowest BCUT2D eigenvalue weighted by Crippen LogP contribution is -2.49. The second-order valence-corrected chi connectivity index (χ2v) is 6.65. The SMILES string of the molecule is O=C(N[Si](CCl)c1ccccc1)c1ccccc1. The zero-order valence-corrected chi connectivity index (χ0v) is 11.5. The predicted octanol–water partition coefficient (Wildman–Crippen LogP) is 2.09. The molecule has 0 aromatic heterocycles. The molecular weight excluding hydrogens is 262 g/mol. The van der Waals surface area contributed by atoms with Crippen LogP contribution in [0.4, 0.5) is 0 Å². The van der Waals surface area contributed by atoms with Crippen LogP contribution in [0, 0.1) is 0 Å². The van der Waals surface area contributed by atoms with E-state index in [2.05, 4.69) is 4.98 Å². The Kier molecular flexibility index (Phi) is 4.56. The third-order valence-corrected chi connectivity index (χ3v) is 5.18. The zero-order valence-electron chi connectivity index (χ0n) is 9.77. The Morgan fingerprint density at radius 3 is 2.11 bits per heavy atom. The average Bonchev–Trinajstić information content (AvgIpc) is 2.46. The van der Waals surface area contributed by atoms with Crippen molar-refractivity contribution in [2.45, 2.75) is 0 Å². The highest BCUT2D eigenvalue weighted by atomic mass is 35.5. The maximum absolute atomic E-state index is 12.0. The van der Waals surface area contributed by atoms with Crippen molar-refractivity contribution in [1.82, 2.24) is 4.98 Å². The van der Waals surface area contributed by atoms with Crippen molar-refractivity contribution in [3.8, 4) is 0 Å². The Bertz CT molecular complexity index is 504. The number of carbonyl (C=O) groups excluding carboxylic acids is 1. The highest BCUT2D eigenvalue weighted by molar-refractivity contribution is 6.78. The molecule has 0 spiro atoms. The number of hydrogen-bond donors (Lipinski definition) is 1. The van der Waals surface area contributed by atoms with Crippen LogP contribution in [0.5, 0.6) is 0 Å². The van der Waals surface area contributed by atoms with Gasteiger partial charge in [0, 0.05) is 11.1 Å². The third kappa shape index (κ3) is 3.21. The van der Waals surface area contributed by atoms with Crippen LogP contribution in [0.2, 0.25) is 0 Å². The number of alkyl halides is 1. The minimum atomic E-state index is -1.24. The monoisotopic (exact) mass is 274 g/mol. The van der Waals surface area contributed by atoms with Gasteiger partial charge in [-0.3, -0.25) is 4.79 Å². The van der Waals surface area contributed by atoms with Crippen LogP contribution in [0.1, 0.15) is 10.4 Å². The third-order valence-electron chi connectivity index (χ3n) is 2.56. The lowest BCUT2D eigenvalue weighted by atomic mass is 10.2. The van der Waals surface area contributed by atoms with Crippen LogP contribution in [0.25, 0.3) is 0 Å². The van der Waals surface area contributed by atoms with Gasteiger partial charge in [0.2, 0.25) is 14.9 Å². The average molecular weight is 275 g/mol. The number of nitrogens with one attached hydrogen (secondary N) is 1. The smallest absolute Gasteiger partial charge is 0.243 e. The first-order valence-electron chi connectivity index (χ1n) is 5.65. The largest absolute Gasteiger partial charge is 0.373 e. The molecule has 0 aliphatic rings. The summed E-state index contributed by atoms with van der Waals surface area (Å²) < 4.78 is 0. The van der Waals surface area contributed by atoms with Gasteiger partial charge in [0.25, 0.3) is 0 Å².